The maximum atomic E-state index is 12.1. The number of amides is 1. The summed E-state index contributed by atoms with van der Waals surface area (Å²) in [7, 11) is 0. The summed E-state index contributed by atoms with van der Waals surface area (Å²) in [5.41, 5.74) is 0.792. The van der Waals surface area contributed by atoms with Gasteiger partial charge in [-0.1, -0.05) is 6.07 Å². The first-order valence-electron chi connectivity index (χ1n) is 5.95. The molecule has 6 nitrogen and oxygen atoms in total. The Morgan fingerprint density at radius 2 is 2.00 bits per heavy atom. The Kier molecular flexibility index (Phi) is 3.13. The lowest BCUT2D eigenvalue weighted by molar-refractivity contribution is -0.114. The van der Waals surface area contributed by atoms with Crippen molar-refractivity contribution in [3.8, 4) is 0 Å². The third kappa shape index (κ3) is 2.15. The number of anilines is 1. The van der Waals surface area contributed by atoms with Crippen molar-refractivity contribution >= 4 is 39.3 Å². The van der Waals surface area contributed by atoms with Gasteiger partial charge in [0.25, 0.3) is 11.7 Å². The molecule has 1 aliphatic heterocycles. The van der Waals surface area contributed by atoms with E-state index >= 15 is 0 Å². The lowest BCUT2D eigenvalue weighted by Gasteiger charge is -2.14. The van der Waals surface area contributed by atoms with Gasteiger partial charge in [0.1, 0.15) is 5.76 Å². The molecular weight excluding hydrogens is 342 g/mol. The molecule has 1 aliphatic rings. The number of carbonyl (C=O) groups is 3. The number of hydrogen-bond acceptors (Lipinski definition) is 4. The maximum Gasteiger partial charge on any atom is 0.371 e. The van der Waals surface area contributed by atoms with E-state index in [-0.39, 0.29) is 12.3 Å². The Morgan fingerprint density at radius 3 is 2.67 bits per heavy atom. The van der Waals surface area contributed by atoms with E-state index in [1.165, 1.54) is 17.0 Å². The molecule has 0 bridgehead atoms. The number of carboxylic acid groups (broad SMARTS) is 1. The van der Waals surface area contributed by atoms with Gasteiger partial charge < -0.3 is 9.52 Å². The van der Waals surface area contributed by atoms with Crippen molar-refractivity contribution in [1.82, 2.24) is 0 Å². The molecule has 0 unspecified atom stereocenters. The molecule has 1 aromatic carbocycles. The van der Waals surface area contributed by atoms with Crippen LogP contribution in [0.5, 0.6) is 0 Å². The molecular formula is C14H8BrNO5. The molecule has 3 rings (SSSR count). The monoisotopic (exact) mass is 349 g/mol. The topological polar surface area (TPSA) is 87.8 Å². The highest BCUT2D eigenvalue weighted by Gasteiger charge is 2.37. The van der Waals surface area contributed by atoms with Gasteiger partial charge in [-0.15, -0.1) is 0 Å². The fourth-order valence-corrected chi connectivity index (χ4v) is 2.73. The molecule has 106 valence electrons. The second-order valence-corrected chi connectivity index (χ2v) is 5.28. The van der Waals surface area contributed by atoms with Crippen molar-refractivity contribution in [2.24, 2.45) is 0 Å². The fourth-order valence-electron chi connectivity index (χ4n) is 2.19. The van der Waals surface area contributed by atoms with E-state index in [9.17, 15) is 14.4 Å². The molecule has 0 radical (unpaired) electrons. The van der Waals surface area contributed by atoms with Crippen LogP contribution in [0.4, 0.5) is 5.69 Å². The van der Waals surface area contributed by atoms with Gasteiger partial charge in [0.05, 0.1) is 17.8 Å². The fraction of sp³-hybridized carbons (Fsp3) is 0.0714. The summed E-state index contributed by atoms with van der Waals surface area (Å²) < 4.78 is 5.67. The van der Waals surface area contributed by atoms with E-state index in [1.54, 1.807) is 18.2 Å². The van der Waals surface area contributed by atoms with Crippen LogP contribution in [0.3, 0.4) is 0 Å². The Hall–Kier alpha value is -2.41. The van der Waals surface area contributed by atoms with E-state index in [4.69, 9.17) is 9.52 Å². The first kappa shape index (κ1) is 13.6. The van der Waals surface area contributed by atoms with E-state index in [2.05, 4.69) is 15.9 Å². The summed E-state index contributed by atoms with van der Waals surface area (Å²) in [6.45, 7) is 0.00130. The Bertz CT molecular complexity index is 779. The number of ketones is 1. The third-order valence-corrected chi connectivity index (χ3v) is 3.80. The van der Waals surface area contributed by atoms with Gasteiger partial charge in [0, 0.05) is 4.47 Å². The van der Waals surface area contributed by atoms with Crippen LogP contribution in [0.2, 0.25) is 0 Å². The molecule has 21 heavy (non-hydrogen) atoms. The van der Waals surface area contributed by atoms with E-state index in [1.807, 2.05) is 0 Å². The number of hydrogen-bond donors (Lipinski definition) is 1. The van der Waals surface area contributed by atoms with Crippen LogP contribution in [-0.4, -0.2) is 22.8 Å². The number of carboxylic acids is 1. The molecule has 1 amide bonds. The predicted octanol–water partition coefficient (Wildman–Crippen LogP) is 2.47. The molecule has 2 aromatic rings. The zero-order valence-corrected chi connectivity index (χ0v) is 12.1. The number of aromatic carboxylic acids is 1. The van der Waals surface area contributed by atoms with Crippen molar-refractivity contribution in [3.63, 3.8) is 0 Å². The normalized spacial score (nSPS) is 13.7. The minimum atomic E-state index is -1.19. The molecule has 2 heterocycles. The standard InChI is InChI=1S/C14H8BrNO5/c15-8-2-1-3-9-11(8)12(17)13(18)16(9)6-7-4-5-10(21-7)14(19)20/h1-5H,6H2,(H,19,20). The van der Waals surface area contributed by atoms with Crippen LogP contribution in [-0.2, 0) is 11.3 Å². The quantitative estimate of drug-likeness (QED) is 0.860. The number of halogens is 1. The van der Waals surface area contributed by atoms with Gasteiger partial charge in [-0.25, -0.2) is 4.79 Å². The van der Waals surface area contributed by atoms with Crippen molar-refractivity contribution in [1.29, 1.82) is 0 Å². The van der Waals surface area contributed by atoms with Gasteiger partial charge in [0.2, 0.25) is 5.76 Å². The second kappa shape index (κ2) is 4.85. The minimum Gasteiger partial charge on any atom is -0.475 e. The molecule has 1 N–H and O–H groups in total. The SMILES string of the molecule is O=C(O)c1ccc(CN2C(=O)C(=O)c3c(Br)cccc32)o1. The number of rotatable bonds is 3. The van der Waals surface area contributed by atoms with Crippen molar-refractivity contribution < 1.29 is 23.9 Å². The lowest BCUT2D eigenvalue weighted by atomic mass is 10.1. The van der Waals surface area contributed by atoms with E-state index < -0.39 is 17.7 Å². The Labute approximate surface area is 127 Å². The average Bonchev–Trinajstić information content (AvgIpc) is 3.00. The average molecular weight is 350 g/mol. The second-order valence-electron chi connectivity index (χ2n) is 4.43. The van der Waals surface area contributed by atoms with Crippen molar-refractivity contribution in [2.75, 3.05) is 4.90 Å². The molecule has 0 atom stereocenters. The summed E-state index contributed by atoms with van der Waals surface area (Å²) >= 11 is 3.25. The molecule has 0 fully saturated rings. The van der Waals surface area contributed by atoms with Crippen LogP contribution in [0.25, 0.3) is 0 Å². The first-order chi connectivity index (χ1) is 9.99. The van der Waals surface area contributed by atoms with Crippen LogP contribution in [0.15, 0.2) is 39.2 Å². The predicted molar refractivity (Wildman–Crippen MR) is 75.3 cm³/mol. The number of furan rings is 1. The lowest BCUT2D eigenvalue weighted by Crippen LogP contribution is -2.28. The smallest absolute Gasteiger partial charge is 0.371 e. The van der Waals surface area contributed by atoms with Gasteiger partial charge in [0.15, 0.2) is 0 Å². The van der Waals surface area contributed by atoms with Crippen LogP contribution in [0.1, 0.15) is 26.7 Å². The number of fused-ring (bicyclic) bond motifs is 1. The minimum absolute atomic E-state index is 0.00130. The van der Waals surface area contributed by atoms with Gasteiger partial charge in [-0.2, -0.15) is 0 Å². The van der Waals surface area contributed by atoms with E-state index in [0.717, 1.165) is 0 Å². The summed E-state index contributed by atoms with van der Waals surface area (Å²) in [6, 6.07) is 7.83. The Balaban J connectivity index is 1.96. The summed E-state index contributed by atoms with van der Waals surface area (Å²) in [5, 5.41) is 8.81. The summed E-state index contributed by atoms with van der Waals surface area (Å²) in [6.07, 6.45) is 0. The highest BCUT2D eigenvalue weighted by Crippen LogP contribution is 2.35. The van der Waals surface area contributed by atoms with E-state index in [0.29, 0.717) is 21.5 Å². The molecule has 0 saturated carbocycles. The summed E-state index contributed by atoms with van der Waals surface area (Å²) in [4.78, 5) is 36.1. The molecule has 0 spiro atoms. The number of Topliss-reactive ketones (excluding diaryl/α,β-unsaturated/α-hetero) is 1. The number of carbonyl (C=O) groups excluding carboxylic acids is 2. The third-order valence-electron chi connectivity index (χ3n) is 3.14. The van der Waals surface area contributed by atoms with Gasteiger partial charge in [-0.3, -0.25) is 14.5 Å². The molecule has 1 aromatic heterocycles. The van der Waals surface area contributed by atoms with Crippen LogP contribution < -0.4 is 4.90 Å². The highest BCUT2D eigenvalue weighted by atomic mass is 79.9. The zero-order valence-electron chi connectivity index (χ0n) is 10.5. The van der Waals surface area contributed by atoms with Crippen LogP contribution >= 0.6 is 15.9 Å². The molecule has 7 heteroatoms. The first-order valence-corrected chi connectivity index (χ1v) is 6.75. The largest absolute Gasteiger partial charge is 0.475 e. The van der Waals surface area contributed by atoms with Gasteiger partial charge >= 0.3 is 5.97 Å². The van der Waals surface area contributed by atoms with Crippen molar-refractivity contribution in [3.05, 3.63) is 51.9 Å². The Morgan fingerprint density at radius 1 is 1.24 bits per heavy atom. The molecule has 0 saturated heterocycles. The zero-order chi connectivity index (χ0) is 15.1. The van der Waals surface area contributed by atoms with Gasteiger partial charge in [-0.05, 0) is 40.2 Å². The maximum absolute atomic E-state index is 12.1. The summed E-state index contributed by atoms with van der Waals surface area (Å²) in [5.74, 6) is -2.36. The number of nitrogens with zero attached hydrogens (tertiary/aromatic N) is 1. The van der Waals surface area contributed by atoms with Crippen LogP contribution in [0, 0.1) is 0 Å². The molecule has 0 aliphatic carbocycles. The highest BCUT2D eigenvalue weighted by molar-refractivity contribution is 9.10. The number of benzene rings is 1. The van der Waals surface area contributed by atoms with Crippen molar-refractivity contribution in [2.45, 2.75) is 6.54 Å².